The van der Waals surface area contributed by atoms with Crippen molar-refractivity contribution in [3.63, 3.8) is 0 Å². The molecule has 0 spiro atoms. The molecule has 1 aliphatic heterocycles. The van der Waals surface area contributed by atoms with Crippen molar-refractivity contribution in [2.24, 2.45) is 0 Å². The molecule has 0 radical (unpaired) electrons. The van der Waals surface area contributed by atoms with Crippen LogP contribution in [0.25, 0.3) is 0 Å². The van der Waals surface area contributed by atoms with Crippen LogP contribution in [0.2, 0.25) is 0 Å². The van der Waals surface area contributed by atoms with Crippen molar-refractivity contribution in [1.82, 2.24) is 9.13 Å². The van der Waals surface area contributed by atoms with Crippen LogP contribution in [0.4, 0.5) is 11.4 Å². The average Bonchev–Trinajstić information content (AvgIpc) is 3.10. The van der Waals surface area contributed by atoms with E-state index in [1.807, 2.05) is 6.07 Å². The van der Waals surface area contributed by atoms with Crippen molar-refractivity contribution in [3.8, 4) is 6.07 Å². The highest BCUT2D eigenvalue weighted by molar-refractivity contribution is 5.92. The molecule has 0 atom stereocenters. The second-order valence-corrected chi connectivity index (χ2v) is 6.17. The van der Waals surface area contributed by atoms with Crippen molar-refractivity contribution in [2.75, 3.05) is 10.6 Å². The zero-order valence-corrected chi connectivity index (χ0v) is 14.6. The summed E-state index contributed by atoms with van der Waals surface area (Å²) in [6, 6.07) is 8.24. The highest BCUT2D eigenvalue weighted by Gasteiger charge is 2.23. The molecule has 2 N–H and O–H groups in total. The molecule has 138 valence electrons. The van der Waals surface area contributed by atoms with Gasteiger partial charge in [-0.05, 0) is 37.1 Å². The summed E-state index contributed by atoms with van der Waals surface area (Å²) in [6.45, 7) is 1.33. The van der Waals surface area contributed by atoms with Gasteiger partial charge in [0, 0.05) is 30.5 Å². The van der Waals surface area contributed by atoms with E-state index in [1.165, 1.54) is 11.5 Å². The van der Waals surface area contributed by atoms with Gasteiger partial charge in [-0.1, -0.05) is 0 Å². The number of amides is 2. The minimum Gasteiger partial charge on any atom is -0.326 e. The van der Waals surface area contributed by atoms with E-state index in [4.69, 9.17) is 0 Å². The number of anilines is 2. The summed E-state index contributed by atoms with van der Waals surface area (Å²) in [5, 5.41) is 14.4. The number of carbonyl (C=O) groups is 2. The number of hydrogen-bond donors (Lipinski definition) is 2. The van der Waals surface area contributed by atoms with E-state index in [9.17, 15) is 24.4 Å². The Morgan fingerprint density at radius 2 is 1.78 bits per heavy atom. The number of nitriles is 1. The Kier molecular flexibility index (Phi) is 4.90. The molecule has 1 aromatic heterocycles. The summed E-state index contributed by atoms with van der Waals surface area (Å²) >= 11 is 0. The van der Waals surface area contributed by atoms with Gasteiger partial charge < -0.3 is 10.6 Å². The largest absolute Gasteiger partial charge is 0.331 e. The van der Waals surface area contributed by atoms with Crippen molar-refractivity contribution >= 4 is 23.2 Å². The molecule has 1 aliphatic rings. The minimum atomic E-state index is -0.744. The van der Waals surface area contributed by atoms with Gasteiger partial charge in [-0.3, -0.25) is 19.0 Å². The Labute approximate surface area is 153 Å². The molecule has 2 aromatic rings. The third kappa shape index (κ3) is 3.64. The number of fused-ring (bicyclic) bond motifs is 1. The third-order valence-corrected chi connectivity index (χ3v) is 4.23. The molecule has 27 heavy (non-hydrogen) atoms. The highest BCUT2D eigenvalue weighted by atomic mass is 16.2. The highest BCUT2D eigenvalue weighted by Crippen LogP contribution is 2.14. The summed E-state index contributed by atoms with van der Waals surface area (Å²) in [7, 11) is 0. The van der Waals surface area contributed by atoms with Crippen molar-refractivity contribution in [1.29, 1.82) is 5.26 Å². The molecule has 0 fully saturated rings. The molecule has 0 saturated carbocycles. The van der Waals surface area contributed by atoms with Gasteiger partial charge in [-0.25, -0.2) is 9.36 Å². The lowest BCUT2D eigenvalue weighted by Gasteiger charge is -2.11. The molecule has 2 heterocycles. The molecular formula is C18H17N5O4. The van der Waals surface area contributed by atoms with Crippen LogP contribution in [0.1, 0.15) is 24.6 Å². The van der Waals surface area contributed by atoms with Crippen LogP contribution < -0.4 is 21.9 Å². The maximum atomic E-state index is 12.5. The summed E-state index contributed by atoms with van der Waals surface area (Å²) in [5.41, 5.74) is 0.0582. The quantitative estimate of drug-likeness (QED) is 0.810. The molecule has 0 saturated heterocycles. The standard InChI is InChI=1S/C18H17N5O4/c1-11(24)20-12-4-6-13(7-5-12)21-16(25)10-23-17(26)14(9-19)15-3-2-8-22(15)18(23)27/h4-7H,2-3,8,10H2,1H3,(H,20,24)(H,21,25). The van der Waals surface area contributed by atoms with Crippen molar-refractivity contribution < 1.29 is 9.59 Å². The summed E-state index contributed by atoms with van der Waals surface area (Å²) in [6.07, 6.45) is 1.18. The normalized spacial score (nSPS) is 12.1. The first kappa shape index (κ1) is 18.1. The average molecular weight is 367 g/mol. The van der Waals surface area contributed by atoms with Crippen LogP contribution in [0.15, 0.2) is 33.9 Å². The number of benzene rings is 1. The SMILES string of the molecule is CC(=O)Nc1ccc(NC(=O)Cn2c(=O)c(C#N)c3n(c2=O)CCC3)cc1. The first-order valence-electron chi connectivity index (χ1n) is 8.35. The van der Waals surface area contributed by atoms with E-state index in [2.05, 4.69) is 10.6 Å². The topological polar surface area (TPSA) is 126 Å². The smallest absolute Gasteiger partial charge is 0.326 e. The molecule has 3 rings (SSSR count). The Balaban J connectivity index is 1.81. The third-order valence-electron chi connectivity index (χ3n) is 4.23. The molecule has 0 aliphatic carbocycles. The second-order valence-electron chi connectivity index (χ2n) is 6.17. The van der Waals surface area contributed by atoms with Gasteiger partial charge in [0.15, 0.2) is 0 Å². The lowest BCUT2D eigenvalue weighted by atomic mass is 10.2. The Bertz CT molecular complexity index is 1070. The first-order valence-corrected chi connectivity index (χ1v) is 8.35. The number of aromatic nitrogens is 2. The van der Waals surface area contributed by atoms with Crippen molar-refractivity contribution in [3.05, 3.63) is 56.4 Å². The molecule has 2 amide bonds. The van der Waals surface area contributed by atoms with Gasteiger partial charge in [0.25, 0.3) is 5.56 Å². The van der Waals surface area contributed by atoms with Gasteiger partial charge in [-0.15, -0.1) is 0 Å². The van der Waals surface area contributed by atoms with Crippen LogP contribution in [-0.4, -0.2) is 20.9 Å². The molecule has 0 unspecified atom stereocenters. The van der Waals surface area contributed by atoms with Crippen LogP contribution in [0, 0.1) is 11.3 Å². The Morgan fingerprint density at radius 3 is 2.37 bits per heavy atom. The Morgan fingerprint density at radius 1 is 1.15 bits per heavy atom. The lowest BCUT2D eigenvalue weighted by Crippen LogP contribution is -2.44. The minimum absolute atomic E-state index is 0.0837. The van der Waals surface area contributed by atoms with Crippen LogP contribution in [-0.2, 0) is 29.1 Å². The van der Waals surface area contributed by atoms with Gasteiger partial charge >= 0.3 is 5.69 Å². The van der Waals surface area contributed by atoms with Crippen LogP contribution in [0.5, 0.6) is 0 Å². The van der Waals surface area contributed by atoms with Crippen LogP contribution in [0.3, 0.4) is 0 Å². The predicted molar refractivity (Wildman–Crippen MR) is 97.4 cm³/mol. The number of carbonyl (C=O) groups excluding carboxylic acids is 2. The summed E-state index contributed by atoms with van der Waals surface area (Å²) in [5.74, 6) is -0.777. The van der Waals surface area contributed by atoms with E-state index in [1.54, 1.807) is 24.3 Å². The number of nitrogens with zero attached hydrogens (tertiary/aromatic N) is 3. The second kappa shape index (κ2) is 7.29. The van der Waals surface area contributed by atoms with Gasteiger partial charge in [0.2, 0.25) is 11.8 Å². The monoisotopic (exact) mass is 367 g/mol. The van der Waals surface area contributed by atoms with E-state index < -0.39 is 23.7 Å². The van der Waals surface area contributed by atoms with Gasteiger partial charge in [-0.2, -0.15) is 5.26 Å². The number of nitrogens with one attached hydrogen (secondary N) is 2. The zero-order valence-electron chi connectivity index (χ0n) is 14.6. The summed E-state index contributed by atoms with van der Waals surface area (Å²) < 4.78 is 2.17. The van der Waals surface area contributed by atoms with E-state index in [-0.39, 0.29) is 11.5 Å². The Hall–Kier alpha value is -3.67. The fraction of sp³-hybridized carbons (Fsp3) is 0.278. The summed E-state index contributed by atoms with van der Waals surface area (Å²) in [4.78, 5) is 48.2. The zero-order chi connectivity index (χ0) is 19.6. The lowest BCUT2D eigenvalue weighted by molar-refractivity contribution is -0.117. The fourth-order valence-electron chi connectivity index (χ4n) is 3.07. The fourth-order valence-corrected chi connectivity index (χ4v) is 3.07. The molecule has 9 nitrogen and oxygen atoms in total. The maximum absolute atomic E-state index is 12.5. The van der Waals surface area contributed by atoms with Gasteiger partial charge in [0.05, 0.1) is 0 Å². The first-order chi connectivity index (χ1) is 12.9. The molecule has 0 bridgehead atoms. The number of hydrogen-bond acceptors (Lipinski definition) is 5. The molecule has 1 aromatic carbocycles. The van der Waals surface area contributed by atoms with E-state index >= 15 is 0 Å². The van der Waals surface area contributed by atoms with Crippen LogP contribution >= 0.6 is 0 Å². The predicted octanol–water partition coefficient (Wildman–Crippen LogP) is 0.425. The van der Waals surface area contributed by atoms with Gasteiger partial charge in [0.1, 0.15) is 18.2 Å². The number of rotatable bonds is 4. The molecule has 9 heteroatoms. The maximum Gasteiger partial charge on any atom is 0.331 e. The van der Waals surface area contributed by atoms with Crippen molar-refractivity contribution in [2.45, 2.75) is 32.9 Å². The van der Waals surface area contributed by atoms with E-state index in [0.717, 1.165) is 4.57 Å². The molecular weight excluding hydrogens is 350 g/mol. The van der Waals surface area contributed by atoms with E-state index in [0.29, 0.717) is 36.5 Å².